The zero-order valence-electron chi connectivity index (χ0n) is 9.26. The molecular weight excluding hydrogens is 196 g/mol. The first-order valence-corrected chi connectivity index (χ1v) is 5.39. The highest BCUT2D eigenvalue weighted by Crippen LogP contribution is 2.33. The van der Waals surface area contributed by atoms with Crippen LogP contribution in [0.3, 0.4) is 0 Å². The molecule has 15 heavy (non-hydrogen) atoms. The van der Waals surface area contributed by atoms with Gasteiger partial charge in [0.15, 0.2) is 0 Å². The maximum Gasteiger partial charge on any atom is 0.145 e. The zero-order valence-corrected chi connectivity index (χ0v) is 9.26. The van der Waals surface area contributed by atoms with E-state index in [-0.39, 0.29) is 0 Å². The molecule has 0 aromatic rings. The molecule has 0 saturated carbocycles. The fourth-order valence-corrected chi connectivity index (χ4v) is 1.95. The van der Waals surface area contributed by atoms with Crippen LogP contribution in [-0.2, 0) is 4.74 Å². The van der Waals surface area contributed by atoms with E-state index in [9.17, 15) is 10.2 Å². The van der Waals surface area contributed by atoms with E-state index in [0.29, 0.717) is 6.42 Å². The minimum Gasteiger partial charge on any atom is -0.393 e. The van der Waals surface area contributed by atoms with Crippen LogP contribution < -0.4 is 0 Å². The number of allylic oxidation sites excluding steroid dienone is 1. The van der Waals surface area contributed by atoms with Crippen LogP contribution in [0.25, 0.3) is 0 Å². The van der Waals surface area contributed by atoms with Crippen molar-refractivity contribution in [2.24, 2.45) is 0 Å². The van der Waals surface area contributed by atoms with Crippen LogP contribution in [-0.4, -0.2) is 45.8 Å². The molecule has 1 saturated heterocycles. The van der Waals surface area contributed by atoms with Gasteiger partial charge in [0, 0.05) is 0 Å². The summed E-state index contributed by atoms with van der Waals surface area (Å²) in [6, 6.07) is 0. The van der Waals surface area contributed by atoms with Crippen molar-refractivity contribution in [3.05, 3.63) is 12.2 Å². The van der Waals surface area contributed by atoms with E-state index in [1.807, 2.05) is 6.92 Å². The fourth-order valence-electron chi connectivity index (χ4n) is 1.95. The molecule has 0 amide bonds. The molecule has 4 unspecified atom stereocenters. The molecule has 4 atom stereocenters. The Morgan fingerprint density at radius 1 is 1.47 bits per heavy atom. The second-order valence-corrected chi connectivity index (χ2v) is 4.00. The van der Waals surface area contributed by atoms with Gasteiger partial charge in [0.05, 0.1) is 12.7 Å². The number of hydrogen-bond donors (Lipinski definition) is 3. The van der Waals surface area contributed by atoms with E-state index in [1.54, 1.807) is 19.1 Å². The third-order valence-corrected chi connectivity index (χ3v) is 2.87. The number of rotatable bonds is 4. The Labute approximate surface area is 90.2 Å². The Bertz CT molecular complexity index is 229. The van der Waals surface area contributed by atoms with Crippen molar-refractivity contribution in [2.45, 2.75) is 50.6 Å². The van der Waals surface area contributed by atoms with Crippen molar-refractivity contribution in [1.82, 2.24) is 0 Å². The molecular formula is C11H20O4. The fraction of sp³-hybridized carbons (Fsp3) is 0.818. The molecule has 4 heteroatoms. The molecule has 4 nitrogen and oxygen atoms in total. The maximum absolute atomic E-state index is 10.1. The molecule has 1 fully saturated rings. The highest BCUT2D eigenvalue weighted by molar-refractivity contribution is 5.10. The number of aliphatic hydroxyl groups excluding tert-OH is 2. The van der Waals surface area contributed by atoms with Crippen LogP contribution in [0.1, 0.15) is 26.7 Å². The van der Waals surface area contributed by atoms with Crippen molar-refractivity contribution >= 4 is 0 Å². The summed E-state index contributed by atoms with van der Waals surface area (Å²) in [6.07, 6.45) is 2.90. The van der Waals surface area contributed by atoms with Gasteiger partial charge in [-0.1, -0.05) is 25.5 Å². The summed E-state index contributed by atoms with van der Waals surface area (Å²) >= 11 is 0. The second kappa shape index (κ2) is 5.07. The lowest BCUT2D eigenvalue weighted by Crippen LogP contribution is -2.50. The van der Waals surface area contributed by atoms with Crippen molar-refractivity contribution in [1.29, 1.82) is 0 Å². The minimum atomic E-state index is -1.56. The van der Waals surface area contributed by atoms with Gasteiger partial charge in [0.2, 0.25) is 0 Å². The summed E-state index contributed by atoms with van der Waals surface area (Å²) < 4.78 is 5.51. The molecule has 0 bridgehead atoms. The van der Waals surface area contributed by atoms with Gasteiger partial charge >= 0.3 is 0 Å². The van der Waals surface area contributed by atoms with Crippen LogP contribution in [0.2, 0.25) is 0 Å². The first kappa shape index (κ1) is 12.6. The van der Waals surface area contributed by atoms with Crippen LogP contribution in [0, 0.1) is 0 Å². The summed E-state index contributed by atoms with van der Waals surface area (Å²) in [5.74, 6) is 0. The first-order chi connectivity index (χ1) is 7.10. The standard InChI is InChI=1S/C11H20O4/c1-3-5-8-10(13)11(14,7-12)9(15-8)6-4-2/h4,6,8-10,12-14H,3,5,7H2,1-2H3. The largest absolute Gasteiger partial charge is 0.393 e. The van der Waals surface area contributed by atoms with E-state index >= 15 is 0 Å². The lowest BCUT2D eigenvalue weighted by molar-refractivity contribution is -0.0962. The van der Waals surface area contributed by atoms with Gasteiger partial charge in [-0.2, -0.15) is 0 Å². The van der Waals surface area contributed by atoms with Crippen LogP contribution >= 0.6 is 0 Å². The molecule has 0 spiro atoms. The average molecular weight is 216 g/mol. The van der Waals surface area contributed by atoms with Crippen molar-refractivity contribution < 1.29 is 20.1 Å². The van der Waals surface area contributed by atoms with Gasteiger partial charge in [-0.05, 0) is 13.3 Å². The van der Waals surface area contributed by atoms with Crippen LogP contribution in [0.5, 0.6) is 0 Å². The summed E-state index contributed by atoms with van der Waals surface area (Å²) in [5, 5.41) is 29.1. The van der Waals surface area contributed by atoms with Crippen LogP contribution in [0.4, 0.5) is 0 Å². The zero-order chi connectivity index (χ0) is 11.5. The third-order valence-electron chi connectivity index (χ3n) is 2.87. The predicted octanol–water partition coefficient (Wildman–Crippen LogP) is 0.214. The Kier molecular flexibility index (Phi) is 4.28. The third kappa shape index (κ3) is 2.23. The van der Waals surface area contributed by atoms with E-state index in [2.05, 4.69) is 0 Å². The molecule has 1 rings (SSSR count). The molecule has 0 aromatic carbocycles. The average Bonchev–Trinajstić information content (AvgIpc) is 2.46. The van der Waals surface area contributed by atoms with Gasteiger partial charge in [-0.15, -0.1) is 0 Å². The first-order valence-electron chi connectivity index (χ1n) is 5.39. The molecule has 88 valence electrons. The molecule has 3 N–H and O–H groups in total. The van der Waals surface area contributed by atoms with Gasteiger partial charge in [-0.25, -0.2) is 0 Å². The number of aliphatic hydroxyl groups is 3. The normalized spacial score (nSPS) is 41.5. The number of hydrogen-bond acceptors (Lipinski definition) is 4. The molecule has 0 radical (unpaired) electrons. The van der Waals surface area contributed by atoms with E-state index in [1.165, 1.54) is 0 Å². The quantitative estimate of drug-likeness (QED) is 0.588. The molecule has 0 aliphatic carbocycles. The van der Waals surface area contributed by atoms with Crippen molar-refractivity contribution in [3.8, 4) is 0 Å². The second-order valence-electron chi connectivity index (χ2n) is 4.00. The Hall–Kier alpha value is -0.420. The summed E-state index contributed by atoms with van der Waals surface area (Å²) in [4.78, 5) is 0. The van der Waals surface area contributed by atoms with Gasteiger partial charge < -0.3 is 20.1 Å². The van der Waals surface area contributed by atoms with Crippen LogP contribution in [0.15, 0.2) is 12.2 Å². The summed E-state index contributed by atoms with van der Waals surface area (Å²) in [6.45, 7) is 3.29. The highest BCUT2D eigenvalue weighted by atomic mass is 16.6. The highest BCUT2D eigenvalue weighted by Gasteiger charge is 2.53. The van der Waals surface area contributed by atoms with Crippen molar-refractivity contribution in [2.75, 3.05) is 6.61 Å². The topological polar surface area (TPSA) is 69.9 Å². The maximum atomic E-state index is 10.1. The molecule has 1 heterocycles. The number of ether oxygens (including phenoxy) is 1. The lowest BCUT2D eigenvalue weighted by atomic mass is 9.90. The predicted molar refractivity (Wildman–Crippen MR) is 56.4 cm³/mol. The lowest BCUT2D eigenvalue weighted by Gasteiger charge is -2.27. The van der Waals surface area contributed by atoms with E-state index < -0.39 is 30.5 Å². The molecule has 1 aliphatic rings. The van der Waals surface area contributed by atoms with Crippen molar-refractivity contribution in [3.63, 3.8) is 0 Å². The molecule has 1 aliphatic heterocycles. The summed E-state index contributed by atoms with van der Waals surface area (Å²) in [5.41, 5.74) is -1.56. The van der Waals surface area contributed by atoms with Gasteiger partial charge in [0.25, 0.3) is 0 Å². The SMILES string of the molecule is CC=CC1OC(CCC)C(O)C1(O)CO. The minimum absolute atomic E-state index is 0.395. The Morgan fingerprint density at radius 2 is 2.13 bits per heavy atom. The Balaban J connectivity index is 2.82. The smallest absolute Gasteiger partial charge is 0.145 e. The monoisotopic (exact) mass is 216 g/mol. The molecule has 0 aromatic heterocycles. The van der Waals surface area contributed by atoms with E-state index in [4.69, 9.17) is 9.84 Å². The van der Waals surface area contributed by atoms with Gasteiger partial charge in [0.1, 0.15) is 17.8 Å². The van der Waals surface area contributed by atoms with Gasteiger partial charge in [-0.3, -0.25) is 0 Å². The van der Waals surface area contributed by atoms with E-state index in [0.717, 1.165) is 6.42 Å². The summed E-state index contributed by atoms with van der Waals surface area (Å²) in [7, 11) is 0. The Morgan fingerprint density at radius 3 is 2.60 bits per heavy atom.